The van der Waals surface area contributed by atoms with Gasteiger partial charge in [-0.15, -0.1) is 0 Å². The Morgan fingerprint density at radius 2 is 1.73 bits per heavy atom. The molecule has 0 fully saturated rings. The molecule has 0 aliphatic heterocycles. The lowest BCUT2D eigenvalue weighted by molar-refractivity contribution is 0.305. The van der Waals surface area contributed by atoms with Crippen molar-refractivity contribution in [1.82, 2.24) is 25.1 Å². The topological polar surface area (TPSA) is 92.6 Å². The highest BCUT2D eigenvalue weighted by Gasteiger charge is 2.15. The van der Waals surface area contributed by atoms with E-state index >= 15 is 0 Å². The quantitative estimate of drug-likeness (QED) is 0.265. The Labute approximate surface area is 211 Å². The van der Waals surface area contributed by atoms with Crippen molar-refractivity contribution in [2.75, 3.05) is 0 Å². The third-order valence-corrected chi connectivity index (χ3v) is 6.47. The number of aromatic amines is 2. The molecule has 7 rings (SSSR count). The molecule has 5 heterocycles. The van der Waals surface area contributed by atoms with Crippen molar-refractivity contribution in [3.05, 3.63) is 109 Å². The van der Waals surface area contributed by atoms with Gasteiger partial charge in [-0.3, -0.25) is 10.1 Å². The summed E-state index contributed by atoms with van der Waals surface area (Å²) in [5.41, 5.74) is 8.60. The molecular weight excluding hydrogens is 462 g/mol. The molecule has 0 radical (unpaired) electrons. The summed E-state index contributed by atoms with van der Waals surface area (Å²) in [6.45, 7) is 0.482. The maximum Gasteiger partial charge on any atom is 0.181 e. The third-order valence-electron chi connectivity index (χ3n) is 6.47. The third kappa shape index (κ3) is 3.92. The average molecular weight is 484 g/mol. The van der Waals surface area contributed by atoms with Gasteiger partial charge in [0.2, 0.25) is 0 Å². The number of hydrogen-bond donors (Lipinski definition) is 2. The second-order valence-corrected chi connectivity index (χ2v) is 8.84. The Bertz CT molecular complexity index is 1840. The maximum absolute atomic E-state index is 5.98. The van der Waals surface area contributed by atoms with E-state index in [4.69, 9.17) is 9.15 Å². The largest absolute Gasteiger partial charge is 0.487 e. The lowest BCUT2D eigenvalue weighted by Crippen LogP contribution is -1.96. The molecule has 7 aromatic rings. The summed E-state index contributed by atoms with van der Waals surface area (Å²) < 4.78 is 11.3. The normalized spacial score (nSPS) is 11.4. The molecule has 178 valence electrons. The summed E-state index contributed by atoms with van der Waals surface area (Å²) >= 11 is 0. The summed E-state index contributed by atoms with van der Waals surface area (Å²) in [6.07, 6.45) is 8.80. The van der Waals surface area contributed by atoms with Crippen LogP contribution in [0.3, 0.4) is 0 Å². The first kappa shape index (κ1) is 21.1. The highest BCUT2D eigenvalue weighted by molar-refractivity contribution is 6.01. The van der Waals surface area contributed by atoms with Gasteiger partial charge in [-0.25, -0.2) is 4.98 Å². The molecule has 0 atom stereocenters. The highest BCUT2D eigenvalue weighted by Crippen LogP contribution is 2.35. The summed E-state index contributed by atoms with van der Waals surface area (Å²) in [5.74, 6) is 0.705. The van der Waals surface area contributed by atoms with Gasteiger partial charge in [-0.2, -0.15) is 5.10 Å². The van der Waals surface area contributed by atoms with E-state index in [-0.39, 0.29) is 0 Å². The minimum atomic E-state index is 0.482. The Kier molecular flexibility index (Phi) is 5.03. The number of nitrogens with one attached hydrogen (secondary N) is 2. The number of H-pyrrole nitrogens is 2. The number of pyridine rings is 2. The fourth-order valence-electron chi connectivity index (χ4n) is 4.62. The number of furan rings is 1. The summed E-state index contributed by atoms with van der Waals surface area (Å²) in [7, 11) is 0. The summed E-state index contributed by atoms with van der Waals surface area (Å²) in [6, 6.07) is 24.4. The fraction of sp³-hybridized carbons (Fsp3) is 0.0333. The van der Waals surface area contributed by atoms with E-state index in [0.29, 0.717) is 18.0 Å². The van der Waals surface area contributed by atoms with E-state index < -0.39 is 0 Å². The standard InChI is InChI=1S/C30H21N5O2/c1-2-5-19(6-3-1)17-37-23-11-21(14-31-16-23)22-12-26-29(34-35-30(26)32-15-22)28-13-25-24(20-9-10-36-18-20)7-4-8-27(25)33-28/h1-16,18,33H,17H2,(H,32,34,35). The fourth-order valence-corrected chi connectivity index (χ4v) is 4.62. The molecule has 37 heavy (non-hydrogen) atoms. The lowest BCUT2D eigenvalue weighted by atomic mass is 10.0. The van der Waals surface area contributed by atoms with Crippen molar-refractivity contribution < 1.29 is 9.15 Å². The van der Waals surface area contributed by atoms with Gasteiger partial charge in [-0.1, -0.05) is 42.5 Å². The van der Waals surface area contributed by atoms with E-state index in [0.717, 1.165) is 55.5 Å². The van der Waals surface area contributed by atoms with E-state index in [1.54, 1.807) is 18.7 Å². The lowest BCUT2D eigenvalue weighted by Gasteiger charge is -2.08. The van der Waals surface area contributed by atoms with Crippen LogP contribution in [0.4, 0.5) is 0 Å². The molecule has 0 spiro atoms. The Balaban J connectivity index is 1.24. The number of nitrogens with zero attached hydrogens (tertiary/aromatic N) is 3. The molecule has 5 aromatic heterocycles. The molecule has 0 bridgehead atoms. The number of rotatable bonds is 6. The van der Waals surface area contributed by atoms with Crippen molar-refractivity contribution in [2.24, 2.45) is 0 Å². The molecule has 2 N–H and O–H groups in total. The van der Waals surface area contributed by atoms with Gasteiger partial charge in [-0.05, 0) is 41.5 Å². The van der Waals surface area contributed by atoms with Crippen LogP contribution in [-0.2, 0) is 6.61 Å². The second kappa shape index (κ2) is 8.80. The minimum absolute atomic E-state index is 0.482. The molecule has 2 aromatic carbocycles. The second-order valence-electron chi connectivity index (χ2n) is 8.84. The molecule has 0 aliphatic carbocycles. The Morgan fingerprint density at radius 1 is 0.811 bits per heavy atom. The molecule has 7 heteroatoms. The summed E-state index contributed by atoms with van der Waals surface area (Å²) in [5, 5.41) is 9.64. The van der Waals surface area contributed by atoms with Gasteiger partial charge >= 0.3 is 0 Å². The van der Waals surface area contributed by atoms with Crippen LogP contribution in [0, 0.1) is 0 Å². The maximum atomic E-state index is 5.98. The minimum Gasteiger partial charge on any atom is -0.487 e. The Morgan fingerprint density at radius 3 is 2.62 bits per heavy atom. The van der Waals surface area contributed by atoms with Crippen molar-refractivity contribution >= 4 is 21.9 Å². The molecule has 0 unspecified atom stereocenters. The van der Waals surface area contributed by atoms with Crippen LogP contribution in [0.5, 0.6) is 5.75 Å². The first-order valence-corrected chi connectivity index (χ1v) is 11.9. The average Bonchev–Trinajstić information content (AvgIpc) is 3.71. The van der Waals surface area contributed by atoms with Gasteiger partial charge < -0.3 is 14.1 Å². The van der Waals surface area contributed by atoms with E-state index in [9.17, 15) is 0 Å². The number of benzene rings is 2. The smallest absolute Gasteiger partial charge is 0.181 e. The van der Waals surface area contributed by atoms with E-state index in [1.807, 2.05) is 60.9 Å². The predicted octanol–water partition coefficient (Wildman–Crippen LogP) is 7.01. The molecule has 0 saturated carbocycles. The first-order chi connectivity index (χ1) is 18.3. The molecule has 0 saturated heterocycles. The van der Waals surface area contributed by atoms with Crippen LogP contribution in [0.25, 0.3) is 55.6 Å². The molecule has 7 nitrogen and oxygen atoms in total. The van der Waals surface area contributed by atoms with Gasteiger partial charge in [0.1, 0.15) is 12.4 Å². The zero-order chi connectivity index (χ0) is 24.6. The van der Waals surface area contributed by atoms with Crippen LogP contribution >= 0.6 is 0 Å². The van der Waals surface area contributed by atoms with Crippen LogP contribution < -0.4 is 4.74 Å². The highest BCUT2D eigenvalue weighted by atomic mass is 16.5. The predicted molar refractivity (Wildman–Crippen MR) is 143 cm³/mol. The van der Waals surface area contributed by atoms with Crippen molar-refractivity contribution in [3.8, 4) is 39.4 Å². The van der Waals surface area contributed by atoms with Gasteiger partial charge in [0, 0.05) is 45.4 Å². The number of ether oxygens (including phenoxy) is 1. The monoisotopic (exact) mass is 483 g/mol. The van der Waals surface area contributed by atoms with Crippen molar-refractivity contribution in [3.63, 3.8) is 0 Å². The van der Waals surface area contributed by atoms with Crippen LogP contribution in [-0.4, -0.2) is 25.1 Å². The Hall–Kier alpha value is -5.17. The number of aromatic nitrogens is 5. The number of fused-ring (bicyclic) bond motifs is 2. The molecule has 0 amide bonds. The molecule has 0 aliphatic rings. The van der Waals surface area contributed by atoms with Gasteiger partial charge in [0.15, 0.2) is 5.65 Å². The first-order valence-electron chi connectivity index (χ1n) is 11.9. The zero-order valence-electron chi connectivity index (χ0n) is 19.7. The van der Waals surface area contributed by atoms with E-state index in [2.05, 4.69) is 49.4 Å². The van der Waals surface area contributed by atoms with Crippen molar-refractivity contribution in [2.45, 2.75) is 6.61 Å². The van der Waals surface area contributed by atoms with E-state index in [1.165, 1.54) is 0 Å². The van der Waals surface area contributed by atoms with Crippen LogP contribution in [0.15, 0.2) is 108 Å². The van der Waals surface area contributed by atoms with Gasteiger partial charge in [0.05, 0.1) is 30.1 Å². The van der Waals surface area contributed by atoms with Crippen molar-refractivity contribution in [1.29, 1.82) is 0 Å². The van der Waals surface area contributed by atoms with Gasteiger partial charge in [0.25, 0.3) is 0 Å². The van der Waals surface area contributed by atoms with Crippen LogP contribution in [0.2, 0.25) is 0 Å². The SMILES string of the molecule is c1ccc(COc2cncc(-c3cnc4n[nH]c(-c5cc6c(-c7ccoc7)cccc6[nH]5)c4c3)c2)cc1. The number of hydrogen-bond acceptors (Lipinski definition) is 5. The summed E-state index contributed by atoms with van der Waals surface area (Å²) in [4.78, 5) is 12.5. The molecular formula is C30H21N5O2. The van der Waals surface area contributed by atoms with Crippen LogP contribution in [0.1, 0.15) is 5.56 Å². The zero-order valence-corrected chi connectivity index (χ0v) is 19.7.